The summed E-state index contributed by atoms with van der Waals surface area (Å²) in [5, 5.41) is 2.94. The monoisotopic (exact) mass is 262 g/mol. The normalized spacial score (nSPS) is 11.4. The molecule has 0 saturated heterocycles. The van der Waals surface area contributed by atoms with Crippen molar-refractivity contribution in [1.82, 2.24) is 5.32 Å². The zero-order valence-electron chi connectivity index (χ0n) is 12.3. The zero-order valence-corrected chi connectivity index (χ0v) is 12.3. The molecule has 106 valence electrons. The highest BCUT2D eigenvalue weighted by molar-refractivity contribution is 5.76. The van der Waals surface area contributed by atoms with Crippen molar-refractivity contribution in [3.05, 3.63) is 35.4 Å². The van der Waals surface area contributed by atoms with Crippen molar-refractivity contribution < 1.29 is 4.79 Å². The minimum Gasteiger partial charge on any atom is -0.354 e. The summed E-state index contributed by atoms with van der Waals surface area (Å²) in [5.74, 6) is 0.0808. The minimum atomic E-state index is -0.264. The van der Waals surface area contributed by atoms with Gasteiger partial charge in [0, 0.05) is 18.5 Å². The molecule has 1 rings (SSSR count). The second kappa shape index (κ2) is 7.29. The fourth-order valence-electron chi connectivity index (χ4n) is 1.88. The summed E-state index contributed by atoms with van der Waals surface area (Å²) in [6.07, 6.45) is 3.05. The molecule has 3 nitrogen and oxygen atoms in total. The lowest BCUT2D eigenvalue weighted by Gasteiger charge is -2.26. The summed E-state index contributed by atoms with van der Waals surface area (Å²) in [4.78, 5) is 11.8. The van der Waals surface area contributed by atoms with Gasteiger partial charge in [0.1, 0.15) is 0 Å². The van der Waals surface area contributed by atoms with Crippen LogP contribution in [0.15, 0.2) is 24.3 Å². The number of hydrogen-bond acceptors (Lipinski definition) is 2. The number of hydrogen-bond donors (Lipinski definition) is 2. The van der Waals surface area contributed by atoms with Crippen molar-refractivity contribution in [3.63, 3.8) is 0 Å². The molecule has 1 amide bonds. The molecule has 3 N–H and O–H groups in total. The number of amides is 1. The van der Waals surface area contributed by atoms with Gasteiger partial charge in [-0.2, -0.15) is 0 Å². The third-order valence-corrected chi connectivity index (χ3v) is 3.81. The SMILES string of the molecule is CCC(N)(CC)CNC(=O)CCc1ccc(C)cc1. The van der Waals surface area contributed by atoms with Crippen molar-refractivity contribution >= 4 is 5.91 Å². The number of carbonyl (C=O) groups is 1. The first kappa shape index (κ1) is 15.7. The molecule has 0 aliphatic carbocycles. The van der Waals surface area contributed by atoms with Gasteiger partial charge in [0.15, 0.2) is 0 Å². The van der Waals surface area contributed by atoms with Gasteiger partial charge in [0.05, 0.1) is 0 Å². The third-order valence-electron chi connectivity index (χ3n) is 3.81. The van der Waals surface area contributed by atoms with E-state index in [1.165, 1.54) is 11.1 Å². The topological polar surface area (TPSA) is 55.1 Å². The Labute approximate surface area is 116 Å². The maximum atomic E-state index is 11.8. The van der Waals surface area contributed by atoms with Crippen LogP contribution in [0.25, 0.3) is 0 Å². The number of nitrogens with one attached hydrogen (secondary N) is 1. The van der Waals surface area contributed by atoms with Gasteiger partial charge in [-0.05, 0) is 31.7 Å². The second-order valence-electron chi connectivity index (χ2n) is 5.33. The molecule has 0 radical (unpaired) electrons. The molecule has 0 heterocycles. The van der Waals surface area contributed by atoms with E-state index in [9.17, 15) is 4.79 Å². The van der Waals surface area contributed by atoms with Crippen molar-refractivity contribution in [2.45, 2.75) is 52.0 Å². The van der Waals surface area contributed by atoms with E-state index in [4.69, 9.17) is 5.73 Å². The van der Waals surface area contributed by atoms with Gasteiger partial charge in [0.25, 0.3) is 0 Å². The van der Waals surface area contributed by atoms with Gasteiger partial charge in [0.2, 0.25) is 5.91 Å². The Kier molecular flexibility index (Phi) is 6.03. The van der Waals surface area contributed by atoms with E-state index < -0.39 is 0 Å². The van der Waals surface area contributed by atoms with Crippen molar-refractivity contribution in [1.29, 1.82) is 0 Å². The molecule has 3 heteroatoms. The summed E-state index contributed by atoms with van der Waals surface area (Å²) in [7, 11) is 0. The van der Waals surface area contributed by atoms with E-state index in [1.54, 1.807) is 0 Å². The molecule has 1 aromatic carbocycles. The molecule has 0 aromatic heterocycles. The number of benzene rings is 1. The highest BCUT2D eigenvalue weighted by Gasteiger charge is 2.20. The average molecular weight is 262 g/mol. The summed E-state index contributed by atoms with van der Waals surface area (Å²) in [6.45, 7) is 6.74. The summed E-state index contributed by atoms with van der Waals surface area (Å²) in [5.41, 5.74) is 8.33. The molecule has 19 heavy (non-hydrogen) atoms. The smallest absolute Gasteiger partial charge is 0.220 e. The molecule has 0 atom stereocenters. The van der Waals surface area contributed by atoms with Crippen molar-refractivity contribution in [2.24, 2.45) is 5.73 Å². The molecule has 0 fully saturated rings. The van der Waals surface area contributed by atoms with E-state index in [0.717, 1.165) is 19.3 Å². The molecule has 0 aliphatic heterocycles. The highest BCUT2D eigenvalue weighted by Crippen LogP contribution is 2.10. The maximum Gasteiger partial charge on any atom is 0.220 e. The molecule has 0 aliphatic rings. The standard InChI is InChI=1S/C16H26N2O/c1-4-16(17,5-2)12-18-15(19)11-10-14-8-6-13(3)7-9-14/h6-9H,4-5,10-12,17H2,1-3H3,(H,18,19). The van der Waals surface area contributed by atoms with Crippen LogP contribution in [0.5, 0.6) is 0 Å². The first-order chi connectivity index (χ1) is 8.99. The summed E-state index contributed by atoms with van der Waals surface area (Å²) >= 11 is 0. The third kappa shape index (κ3) is 5.43. The molecular weight excluding hydrogens is 236 g/mol. The number of nitrogens with two attached hydrogens (primary N) is 1. The van der Waals surface area contributed by atoms with Gasteiger partial charge in [-0.3, -0.25) is 4.79 Å². The number of carbonyl (C=O) groups excluding carboxylic acids is 1. The van der Waals surface area contributed by atoms with E-state index in [1.807, 2.05) is 0 Å². The van der Waals surface area contributed by atoms with E-state index in [2.05, 4.69) is 50.4 Å². The zero-order chi connectivity index (χ0) is 14.3. The Balaban J connectivity index is 2.34. The predicted octanol–water partition coefficient (Wildman–Crippen LogP) is 2.56. The van der Waals surface area contributed by atoms with Crippen LogP contribution in [0.4, 0.5) is 0 Å². The van der Waals surface area contributed by atoms with Gasteiger partial charge >= 0.3 is 0 Å². The molecule has 0 spiro atoms. The number of rotatable bonds is 7. The van der Waals surface area contributed by atoms with Crippen LogP contribution in [-0.4, -0.2) is 18.0 Å². The number of aryl methyl sites for hydroxylation is 2. The predicted molar refractivity (Wildman–Crippen MR) is 80.0 cm³/mol. The van der Waals surface area contributed by atoms with Gasteiger partial charge < -0.3 is 11.1 Å². The van der Waals surface area contributed by atoms with Crippen LogP contribution in [-0.2, 0) is 11.2 Å². The molecule has 1 aromatic rings. The summed E-state index contributed by atoms with van der Waals surface area (Å²) < 4.78 is 0. The lowest BCUT2D eigenvalue weighted by atomic mass is 9.94. The van der Waals surface area contributed by atoms with Crippen LogP contribution in [0.1, 0.15) is 44.2 Å². The van der Waals surface area contributed by atoms with Crippen molar-refractivity contribution in [2.75, 3.05) is 6.54 Å². The van der Waals surface area contributed by atoms with E-state index in [-0.39, 0.29) is 11.4 Å². The maximum absolute atomic E-state index is 11.8. The Bertz CT molecular complexity index is 394. The van der Waals surface area contributed by atoms with Crippen LogP contribution in [0.3, 0.4) is 0 Å². The van der Waals surface area contributed by atoms with E-state index in [0.29, 0.717) is 13.0 Å². The second-order valence-corrected chi connectivity index (χ2v) is 5.33. The largest absolute Gasteiger partial charge is 0.354 e. The fourth-order valence-corrected chi connectivity index (χ4v) is 1.88. The van der Waals surface area contributed by atoms with E-state index >= 15 is 0 Å². The highest BCUT2D eigenvalue weighted by atomic mass is 16.1. The van der Waals surface area contributed by atoms with Gasteiger partial charge in [-0.15, -0.1) is 0 Å². The Morgan fingerprint density at radius 1 is 1.21 bits per heavy atom. The lowest BCUT2D eigenvalue weighted by Crippen LogP contribution is -2.49. The van der Waals surface area contributed by atoms with Crippen LogP contribution >= 0.6 is 0 Å². The fraction of sp³-hybridized carbons (Fsp3) is 0.562. The van der Waals surface area contributed by atoms with Crippen LogP contribution in [0, 0.1) is 6.92 Å². The van der Waals surface area contributed by atoms with Crippen LogP contribution in [0.2, 0.25) is 0 Å². The van der Waals surface area contributed by atoms with Gasteiger partial charge in [-0.1, -0.05) is 43.7 Å². The molecule has 0 bridgehead atoms. The average Bonchev–Trinajstić information content (AvgIpc) is 2.44. The summed E-state index contributed by atoms with van der Waals surface area (Å²) in [6, 6.07) is 8.31. The minimum absolute atomic E-state index is 0.0808. The Morgan fingerprint density at radius 3 is 2.32 bits per heavy atom. The molecule has 0 saturated carbocycles. The molecular formula is C16H26N2O. The van der Waals surface area contributed by atoms with Gasteiger partial charge in [-0.25, -0.2) is 0 Å². The van der Waals surface area contributed by atoms with Crippen LogP contribution < -0.4 is 11.1 Å². The lowest BCUT2D eigenvalue weighted by molar-refractivity contribution is -0.121. The molecule has 0 unspecified atom stereocenters. The first-order valence-corrected chi connectivity index (χ1v) is 7.10. The van der Waals surface area contributed by atoms with Crippen molar-refractivity contribution in [3.8, 4) is 0 Å². The quantitative estimate of drug-likeness (QED) is 0.793. The Hall–Kier alpha value is -1.35. The Morgan fingerprint density at radius 2 is 1.79 bits per heavy atom. The first-order valence-electron chi connectivity index (χ1n) is 7.10.